The Morgan fingerprint density at radius 2 is 1.89 bits per heavy atom. The van der Waals surface area contributed by atoms with Crippen LogP contribution < -0.4 is 0 Å². The minimum atomic E-state index is -0.228. The van der Waals surface area contributed by atoms with Gasteiger partial charge >= 0.3 is 0 Å². The van der Waals surface area contributed by atoms with Crippen molar-refractivity contribution in [2.75, 3.05) is 6.26 Å². The van der Waals surface area contributed by atoms with Crippen LogP contribution in [0.3, 0.4) is 0 Å². The third-order valence-electron chi connectivity index (χ3n) is 3.05. The second-order valence-corrected chi connectivity index (χ2v) is 5.20. The van der Waals surface area contributed by atoms with Crippen molar-refractivity contribution in [3.63, 3.8) is 0 Å². The van der Waals surface area contributed by atoms with Crippen molar-refractivity contribution in [2.24, 2.45) is 0 Å². The molecule has 0 radical (unpaired) electrons. The molecule has 1 aromatic carbocycles. The predicted octanol–water partition coefficient (Wildman–Crippen LogP) is 4.17. The molecule has 2 nitrogen and oxygen atoms in total. The zero-order valence-electron chi connectivity index (χ0n) is 10.7. The number of pyridine rings is 1. The summed E-state index contributed by atoms with van der Waals surface area (Å²) in [7, 11) is 0. The standard InChI is InChI=1S/C15H13FN2S/c1-10-7-8-18-13(9-10)17-14(15(18)19-2)11-3-5-12(16)6-4-11/h3-9H,1-2H3. The normalized spacial score (nSPS) is 11.1. The fourth-order valence-electron chi connectivity index (χ4n) is 2.11. The van der Waals surface area contributed by atoms with Gasteiger partial charge in [0.25, 0.3) is 0 Å². The third-order valence-corrected chi connectivity index (χ3v) is 3.83. The van der Waals surface area contributed by atoms with E-state index in [0.717, 1.165) is 21.9 Å². The number of imidazole rings is 1. The predicted molar refractivity (Wildman–Crippen MR) is 77.1 cm³/mol. The highest BCUT2D eigenvalue weighted by Crippen LogP contribution is 2.31. The van der Waals surface area contributed by atoms with Crippen LogP contribution in [0.4, 0.5) is 4.39 Å². The van der Waals surface area contributed by atoms with Crippen LogP contribution in [0.2, 0.25) is 0 Å². The largest absolute Gasteiger partial charge is 0.294 e. The molecule has 3 aromatic rings. The van der Waals surface area contributed by atoms with E-state index >= 15 is 0 Å². The Labute approximate surface area is 115 Å². The Balaban J connectivity index is 2.25. The van der Waals surface area contributed by atoms with E-state index in [4.69, 9.17) is 0 Å². The molecular weight excluding hydrogens is 259 g/mol. The molecule has 4 heteroatoms. The lowest BCUT2D eigenvalue weighted by atomic mass is 10.2. The lowest BCUT2D eigenvalue weighted by Gasteiger charge is -2.02. The zero-order chi connectivity index (χ0) is 13.4. The molecule has 0 amide bonds. The fraction of sp³-hybridized carbons (Fsp3) is 0.133. The van der Waals surface area contributed by atoms with E-state index in [1.54, 1.807) is 23.9 Å². The first-order chi connectivity index (χ1) is 9.19. The summed E-state index contributed by atoms with van der Waals surface area (Å²) in [6.07, 6.45) is 4.05. The average molecular weight is 272 g/mol. The summed E-state index contributed by atoms with van der Waals surface area (Å²) in [5.74, 6) is -0.228. The fourth-order valence-corrected chi connectivity index (χ4v) is 2.82. The van der Waals surface area contributed by atoms with Gasteiger partial charge in [-0.15, -0.1) is 11.8 Å². The summed E-state index contributed by atoms with van der Waals surface area (Å²) in [6, 6.07) is 10.6. The highest BCUT2D eigenvalue weighted by Gasteiger charge is 2.13. The van der Waals surface area contributed by atoms with Crippen LogP contribution in [0.5, 0.6) is 0 Å². The Morgan fingerprint density at radius 3 is 2.58 bits per heavy atom. The number of benzene rings is 1. The second kappa shape index (κ2) is 4.70. The van der Waals surface area contributed by atoms with Gasteiger partial charge in [-0.1, -0.05) is 0 Å². The number of aryl methyl sites for hydroxylation is 1. The van der Waals surface area contributed by atoms with Gasteiger partial charge in [0.05, 0.1) is 0 Å². The van der Waals surface area contributed by atoms with Crippen molar-refractivity contribution in [1.82, 2.24) is 9.38 Å². The van der Waals surface area contributed by atoms with E-state index in [1.807, 2.05) is 25.4 Å². The quantitative estimate of drug-likeness (QED) is 0.651. The summed E-state index contributed by atoms with van der Waals surface area (Å²) in [4.78, 5) is 4.66. The second-order valence-electron chi connectivity index (χ2n) is 4.41. The van der Waals surface area contributed by atoms with Crippen molar-refractivity contribution in [2.45, 2.75) is 11.9 Å². The summed E-state index contributed by atoms with van der Waals surface area (Å²) in [5.41, 5.74) is 3.93. The van der Waals surface area contributed by atoms with Crippen molar-refractivity contribution in [3.8, 4) is 11.3 Å². The molecular formula is C15H13FN2S. The number of thioether (sulfide) groups is 1. The average Bonchev–Trinajstić information content (AvgIpc) is 2.77. The Morgan fingerprint density at radius 1 is 1.16 bits per heavy atom. The van der Waals surface area contributed by atoms with Crippen LogP contribution in [0.15, 0.2) is 47.6 Å². The Hall–Kier alpha value is -1.81. The first-order valence-electron chi connectivity index (χ1n) is 5.97. The van der Waals surface area contributed by atoms with E-state index in [1.165, 1.54) is 17.7 Å². The molecule has 0 saturated heterocycles. The van der Waals surface area contributed by atoms with E-state index in [2.05, 4.69) is 15.5 Å². The molecule has 0 fully saturated rings. The van der Waals surface area contributed by atoms with E-state index in [0.29, 0.717) is 0 Å². The van der Waals surface area contributed by atoms with Gasteiger partial charge in [0.2, 0.25) is 0 Å². The molecule has 2 heterocycles. The molecule has 2 aromatic heterocycles. The van der Waals surface area contributed by atoms with Crippen LogP contribution in [-0.2, 0) is 0 Å². The highest BCUT2D eigenvalue weighted by atomic mass is 32.2. The van der Waals surface area contributed by atoms with Gasteiger partial charge in [0.1, 0.15) is 22.2 Å². The zero-order valence-corrected chi connectivity index (χ0v) is 11.5. The highest BCUT2D eigenvalue weighted by molar-refractivity contribution is 7.98. The van der Waals surface area contributed by atoms with Gasteiger partial charge in [-0.3, -0.25) is 4.40 Å². The van der Waals surface area contributed by atoms with Crippen LogP contribution in [-0.4, -0.2) is 15.6 Å². The summed E-state index contributed by atoms with van der Waals surface area (Å²) in [6.45, 7) is 2.05. The van der Waals surface area contributed by atoms with E-state index in [9.17, 15) is 4.39 Å². The summed E-state index contributed by atoms with van der Waals surface area (Å²) in [5, 5.41) is 1.07. The van der Waals surface area contributed by atoms with Crippen LogP contribution in [0.1, 0.15) is 5.56 Å². The van der Waals surface area contributed by atoms with E-state index in [-0.39, 0.29) is 5.82 Å². The molecule has 0 N–H and O–H groups in total. The maximum Gasteiger partial charge on any atom is 0.138 e. The van der Waals surface area contributed by atoms with Crippen molar-refractivity contribution in [1.29, 1.82) is 0 Å². The molecule has 0 bridgehead atoms. The molecule has 0 saturated carbocycles. The SMILES string of the molecule is CSc1c(-c2ccc(F)cc2)nc2cc(C)ccn12. The van der Waals surface area contributed by atoms with Gasteiger partial charge in [0, 0.05) is 11.8 Å². The number of hydrogen-bond donors (Lipinski definition) is 0. The maximum absolute atomic E-state index is 13.0. The third kappa shape index (κ3) is 2.12. The monoisotopic (exact) mass is 272 g/mol. The molecule has 0 atom stereocenters. The van der Waals surface area contributed by atoms with Gasteiger partial charge in [-0.05, 0) is 55.1 Å². The smallest absolute Gasteiger partial charge is 0.138 e. The number of fused-ring (bicyclic) bond motifs is 1. The Bertz CT molecular complexity index is 732. The number of rotatable bonds is 2. The molecule has 0 aliphatic carbocycles. The number of halogens is 1. The van der Waals surface area contributed by atoms with Gasteiger partial charge in [0.15, 0.2) is 0 Å². The Kier molecular flexibility index (Phi) is 3.03. The lowest BCUT2D eigenvalue weighted by molar-refractivity contribution is 0.628. The van der Waals surface area contributed by atoms with Crippen molar-refractivity contribution >= 4 is 17.4 Å². The summed E-state index contributed by atoms with van der Waals surface area (Å²) < 4.78 is 15.1. The van der Waals surface area contributed by atoms with Gasteiger partial charge in [-0.25, -0.2) is 9.37 Å². The molecule has 0 spiro atoms. The number of hydrogen-bond acceptors (Lipinski definition) is 2. The molecule has 0 aliphatic rings. The maximum atomic E-state index is 13.0. The molecule has 3 rings (SSSR count). The molecule has 96 valence electrons. The van der Waals surface area contributed by atoms with Gasteiger partial charge < -0.3 is 0 Å². The van der Waals surface area contributed by atoms with Crippen LogP contribution in [0.25, 0.3) is 16.9 Å². The first kappa shape index (κ1) is 12.2. The number of aromatic nitrogens is 2. The molecule has 0 unspecified atom stereocenters. The topological polar surface area (TPSA) is 17.3 Å². The van der Waals surface area contributed by atoms with E-state index < -0.39 is 0 Å². The summed E-state index contributed by atoms with van der Waals surface area (Å²) >= 11 is 1.64. The molecule has 0 aliphatic heterocycles. The van der Waals surface area contributed by atoms with Crippen molar-refractivity contribution < 1.29 is 4.39 Å². The minimum Gasteiger partial charge on any atom is -0.294 e. The number of nitrogens with zero attached hydrogens (tertiary/aromatic N) is 2. The van der Waals surface area contributed by atoms with Crippen LogP contribution >= 0.6 is 11.8 Å². The first-order valence-corrected chi connectivity index (χ1v) is 7.20. The van der Waals surface area contributed by atoms with Gasteiger partial charge in [-0.2, -0.15) is 0 Å². The minimum absolute atomic E-state index is 0.228. The van der Waals surface area contributed by atoms with Crippen LogP contribution in [0, 0.1) is 12.7 Å². The lowest BCUT2D eigenvalue weighted by Crippen LogP contribution is -1.87. The molecule has 19 heavy (non-hydrogen) atoms. The van der Waals surface area contributed by atoms with Crippen molar-refractivity contribution in [3.05, 3.63) is 54.0 Å².